The van der Waals surface area contributed by atoms with Crippen molar-refractivity contribution in [2.24, 2.45) is 0 Å². The molecule has 0 aliphatic carbocycles. The molecular formula is C11H16FNO4. The third kappa shape index (κ3) is 6.49. The quantitative estimate of drug-likeness (QED) is 0.548. The number of hydrogen-bond donors (Lipinski definition) is 3. The van der Waals surface area contributed by atoms with E-state index < -0.39 is 5.91 Å². The Morgan fingerprint density at radius 3 is 2.59 bits per heavy atom. The Kier molecular flexibility index (Phi) is 7.66. The van der Waals surface area contributed by atoms with Crippen molar-refractivity contribution in [3.63, 3.8) is 0 Å². The molecule has 6 heteroatoms. The molecule has 1 aromatic rings. The van der Waals surface area contributed by atoms with Crippen molar-refractivity contribution in [1.29, 1.82) is 0 Å². The second kappa shape index (κ2) is 8.49. The van der Waals surface area contributed by atoms with Gasteiger partial charge in [0.15, 0.2) is 6.61 Å². The lowest BCUT2D eigenvalue weighted by Crippen LogP contribution is -2.25. The summed E-state index contributed by atoms with van der Waals surface area (Å²) in [6.07, 6.45) is 0. The van der Waals surface area contributed by atoms with Gasteiger partial charge in [0.2, 0.25) is 0 Å². The van der Waals surface area contributed by atoms with Crippen LogP contribution >= 0.6 is 0 Å². The van der Waals surface area contributed by atoms with Crippen LogP contribution < -0.4 is 10.2 Å². The van der Waals surface area contributed by atoms with Crippen LogP contribution in [0.2, 0.25) is 0 Å². The number of aliphatic hydroxyl groups is 1. The third-order valence-electron chi connectivity index (χ3n) is 1.62. The number of nitrogens with one attached hydrogen (secondary N) is 1. The first kappa shape index (κ1) is 15.3. The molecular weight excluding hydrogens is 229 g/mol. The van der Waals surface area contributed by atoms with E-state index in [1.807, 2.05) is 0 Å². The Balaban J connectivity index is 0.000000770. The zero-order chi connectivity index (χ0) is 13.3. The SMILES string of the molecule is CCO.Cc1cc(OCC(=O)NO)ccc1F. The van der Waals surface area contributed by atoms with E-state index in [-0.39, 0.29) is 19.0 Å². The summed E-state index contributed by atoms with van der Waals surface area (Å²) in [4.78, 5) is 10.6. The Morgan fingerprint density at radius 2 is 2.12 bits per heavy atom. The van der Waals surface area contributed by atoms with Crippen molar-refractivity contribution in [3.8, 4) is 5.75 Å². The Hall–Kier alpha value is -1.66. The number of carbonyl (C=O) groups excluding carboxylic acids is 1. The first-order valence-electron chi connectivity index (χ1n) is 4.97. The fraction of sp³-hybridized carbons (Fsp3) is 0.364. The van der Waals surface area contributed by atoms with Gasteiger partial charge in [-0.25, -0.2) is 9.87 Å². The highest BCUT2D eigenvalue weighted by Gasteiger charge is 2.02. The average molecular weight is 245 g/mol. The molecule has 0 aromatic heterocycles. The van der Waals surface area contributed by atoms with Crippen molar-refractivity contribution >= 4 is 5.91 Å². The molecule has 96 valence electrons. The molecule has 0 unspecified atom stereocenters. The van der Waals surface area contributed by atoms with Crippen LogP contribution in [0.5, 0.6) is 5.75 Å². The van der Waals surface area contributed by atoms with Crippen molar-refractivity contribution in [2.45, 2.75) is 13.8 Å². The molecule has 1 aromatic carbocycles. The van der Waals surface area contributed by atoms with E-state index >= 15 is 0 Å². The molecule has 0 radical (unpaired) electrons. The minimum absolute atomic E-state index is 0.250. The summed E-state index contributed by atoms with van der Waals surface area (Å²) >= 11 is 0. The normalized spacial score (nSPS) is 9.00. The van der Waals surface area contributed by atoms with E-state index in [4.69, 9.17) is 15.1 Å². The molecule has 0 aliphatic heterocycles. The van der Waals surface area contributed by atoms with Crippen LogP contribution in [0.4, 0.5) is 4.39 Å². The topological polar surface area (TPSA) is 78.8 Å². The Labute approximate surface area is 98.8 Å². The van der Waals surface area contributed by atoms with Gasteiger partial charge in [-0.2, -0.15) is 0 Å². The largest absolute Gasteiger partial charge is 0.484 e. The monoisotopic (exact) mass is 245 g/mol. The van der Waals surface area contributed by atoms with Crippen LogP contribution in [0.3, 0.4) is 0 Å². The number of aliphatic hydroxyl groups excluding tert-OH is 1. The molecule has 0 saturated carbocycles. The van der Waals surface area contributed by atoms with Crippen LogP contribution in [0.25, 0.3) is 0 Å². The maximum absolute atomic E-state index is 12.8. The van der Waals surface area contributed by atoms with Crippen molar-refractivity contribution < 1.29 is 24.2 Å². The molecule has 0 atom stereocenters. The van der Waals surface area contributed by atoms with Crippen LogP contribution in [-0.4, -0.2) is 29.4 Å². The number of aryl methyl sites for hydroxylation is 1. The lowest BCUT2D eigenvalue weighted by Gasteiger charge is -2.05. The lowest BCUT2D eigenvalue weighted by atomic mass is 10.2. The summed E-state index contributed by atoms with van der Waals surface area (Å²) in [5.41, 5.74) is 1.86. The van der Waals surface area contributed by atoms with Gasteiger partial charge in [-0.05, 0) is 37.6 Å². The molecule has 0 saturated heterocycles. The van der Waals surface area contributed by atoms with Gasteiger partial charge in [0.1, 0.15) is 11.6 Å². The molecule has 5 nitrogen and oxygen atoms in total. The van der Waals surface area contributed by atoms with E-state index in [1.54, 1.807) is 13.8 Å². The molecule has 3 N–H and O–H groups in total. The van der Waals surface area contributed by atoms with E-state index in [9.17, 15) is 9.18 Å². The van der Waals surface area contributed by atoms with Crippen molar-refractivity contribution in [1.82, 2.24) is 5.48 Å². The van der Waals surface area contributed by atoms with Gasteiger partial charge >= 0.3 is 0 Å². The number of amides is 1. The molecule has 0 spiro atoms. The minimum Gasteiger partial charge on any atom is -0.484 e. The standard InChI is InChI=1S/C9H10FNO3.C2H6O/c1-6-4-7(2-3-8(6)10)14-5-9(12)11-13;1-2-3/h2-4,13H,5H2,1H3,(H,11,12);3H,2H2,1H3. The van der Waals surface area contributed by atoms with Crippen LogP contribution in [0.1, 0.15) is 12.5 Å². The van der Waals surface area contributed by atoms with Crippen LogP contribution in [-0.2, 0) is 4.79 Å². The molecule has 0 bridgehead atoms. The molecule has 17 heavy (non-hydrogen) atoms. The van der Waals surface area contributed by atoms with E-state index in [0.29, 0.717) is 11.3 Å². The van der Waals surface area contributed by atoms with Gasteiger partial charge in [0.25, 0.3) is 5.91 Å². The third-order valence-corrected chi connectivity index (χ3v) is 1.62. The van der Waals surface area contributed by atoms with E-state index in [1.165, 1.54) is 23.7 Å². The molecule has 0 heterocycles. The fourth-order valence-corrected chi connectivity index (χ4v) is 0.888. The highest BCUT2D eigenvalue weighted by Crippen LogP contribution is 2.15. The molecule has 1 rings (SSSR count). The smallest absolute Gasteiger partial charge is 0.281 e. The summed E-state index contributed by atoms with van der Waals surface area (Å²) in [6, 6.07) is 4.13. The zero-order valence-electron chi connectivity index (χ0n) is 9.74. The van der Waals surface area contributed by atoms with Gasteiger partial charge in [-0.1, -0.05) is 0 Å². The summed E-state index contributed by atoms with van der Waals surface area (Å²) in [7, 11) is 0. The number of ether oxygens (including phenoxy) is 1. The Morgan fingerprint density at radius 1 is 1.53 bits per heavy atom. The first-order chi connectivity index (χ1) is 8.04. The van der Waals surface area contributed by atoms with Gasteiger partial charge in [-0.15, -0.1) is 0 Å². The van der Waals surface area contributed by atoms with Crippen molar-refractivity contribution in [2.75, 3.05) is 13.2 Å². The second-order valence-corrected chi connectivity index (χ2v) is 3.05. The van der Waals surface area contributed by atoms with E-state index in [2.05, 4.69) is 0 Å². The number of hydroxylamine groups is 1. The second-order valence-electron chi connectivity index (χ2n) is 3.05. The summed E-state index contributed by atoms with van der Waals surface area (Å²) < 4.78 is 17.7. The summed E-state index contributed by atoms with van der Waals surface area (Å²) in [5.74, 6) is -0.608. The molecule has 0 fully saturated rings. The van der Waals surface area contributed by atoms with Gasteiger partial charge in [0, 0.05) is 6.61 Å². The highest BCUT2D eigenvalue weighted by atomic mass is 19.1. The number of hydrogen-bond acceptors (Lipinski definition) is 4. The van der Waals surface area contributed by atoms with E-state index in [0.717, 1.165) is 0 Å². The number of rotatable bonds is 3. The average Bonchev–Trinajstić information content (AvgIpc) is 2.31. The van der Waals surface area contributed by atoms with Gasteiger partial charge in [0.05, 0.1) is 0 Å². The number of halogens is 1. The van der Waals surface area contributed by atoms with Gasteiger partial charge < -0.3 is 9.84 Å². The first-order valence-corrected chi connectivity index (χ1v) is 4.97. The number of benzene rings is 1. The Bertz CT molecular complexity index is 357. The molecule has 1 amide bonds. The fourth-order valence-electron chi connectivity index (χ4n) is 0.888. The lowest BCUT2D eigenvalue weighted by molar-refractivity contribution is -0.131. The van der Waals surface area contributed by atoms with Crippen LogP contribution in [0.15, 0.2) is 18.2 Å². The zero-order valence-corrected chi connectivity index (χ0v) is 9.74. The predicted octanol–water partition coefficient (Wildman–Crippen LogP) is 1.02. The summed E-state index contributed by atoms with van der Waals surface area (Å²) in [6.45, 7) is 3.22. The molecule has 0 aliphatic rings. The predicted molar refractivity (Wildman–Crippen MR) is 59.3 cm³/mol. The highest BCUT2D eigenvalue weighted by molar-refractivity contribution is 5.76. The van der Waals surface area contributed by atoms with Gasteiger partial charge in [-0.3, -0.25) is 10.0 Å². The van der Waals surface area contributed by atoms with Crippen LogP contribution in [0, 0.1) is 12.7 Å². The maximum atomic E-state index is 12.8. The summed E-state index contributed by atoms with van der Waals surface area (Å²) in [5, 5.41) is 15.7. The number of carbonyl (C=O) groups is 1. The minimum atomic E-state index is -0.660. The maximum Gasteiger partial charge on any atom is 0.281 e. The van der Waals surface area contributed by atoms with Crippen molar-refractivity contribution in [3.05, 3.63) is 29.6 Å².